The van der Waals surface area contributed by atoms with E-state index in [0.717, 1.165) is 37.7 Å². The van der Waals surface area contributed by atoms with E-state index in [4.69, 9.17) is 9.26 Å². The first kappa shape index (κ1) is 21.5. The van der Waals surface area contributed by atoms with Gasteiger partial charge in [-0.15, -0.1) is 0 Å². The fourth-order valence-electron chi connectivity index (χ4n) is 3.08. The summed E-state index contributed by atoms with van der Waals surface area (Å²) in [6.07, 6.45) is 4.89. The number of nitrogens with zero attached hydrogens (tertiary/aromatic N) is 2. The molecule has 2 N–H and O–H groups in total. The highest BCUT2D eigenvalue weighted by molar-refractivity contribution is 5.97. The maximum Gasteiger partial charge on any atom is 0.262 e. The summed E-state index contributed by atoms with van der Waals surface area (Å²) in [4.78, 5) is 28.8. The average molecular weight is 434 g/mol. The van der Waals surface area contributed by atoms with E-state index >= 15 is 0 Å². The van der Waals surface area contributed by atoms with Crippen LogP contribution in [-0.4, -0.2) is 34.6 Å². The van der Waals surface area contributed by atoms with Crippen LogP contribution in [0.25, 0.3) is 11.4 Å². The molecule has 1 aliphatic rings. The van der Waals surface area contributed by atoms with E-state index in [1.54, 1.807) is 36.4 Å². The zero-order valence-corrected chi connectivity index (χ0v) is 18.0. The van der Waals surface area contributed by atoms with Gasteiger partial charge in [-0.05, 0) is 61.7 Å². The van der Waals surface area contributed by atoms with Gasteiger partial charge >= 0.3 is 0 Å². The summed E-state index contributed by atoms with van der Waals surface area (Å²) in [5.74, 6) is 1.28. The molecule has 1 heterocycles. The van der Waals surface area contributed by atoms with Crippen molar-refractivity contribution < 1.29 is 18.8 Å². The highest BCUT2D eigenvalue weighted by Crippen LogP contribution is 2.21. The van der Waals surface area contributed by atoms with Gasteiger partial charge in [-0.3, -0.25) is 9.59 Å². The minimum atomic E-state index is -0.312. The second kappa shape index (κ2) is 10.1. The Kier molecular flexibility index (Phi) is 6.79. The zero-order chi connectivity index (χ0) is 22.3. The lowest BCUT2D eigenvalue weighted by Crippen LogP contribution is -2.25. The third-order valence-corrected chi connectivity index (χ3v) is 5.02. The van der Waals surface area contributed by atoms with Crippen molar-refractivity contribution in [1.29, 1.82) is 0 Å². The monoisotopic (exact) mass is 434 g/mol. The Morgan fingerprint density at radius 3 is 2.72 bits per heavy atom. The van der Waals surface area contributed by atoms with E-state index in [2.05, 4.69) is 27.7 Å². The first-order chi connectivity index (χ1) is 15.6. The van der Waals surface area contributed by atoms with Crippen LogP contribution in [0.2, 0.25) is 0 Å². The number of aryl methyl sites for hydroxylation is 1. The lowest BCUT2D eigenvalue weighted by atomic mass is 10.2. The predicted octanol–water partition coefficient (Wildman–Crippen LogP) is 3.99. The summed E-state index contributed by atoms with van der Waals surface area (Å²) in [6, 6.07) is 14.3. The fourth-order valence-corrected chi connectivity index (χ4v) is 3.08. The normalized spacial score (nSPS) is 12.9. The van der Waals surface area contributed by atoms with Crippen molar-refractivity contribution in [3.05, 3.63) is 60.0 Å². The minimum absolute atomic E-state index is 0.126. The number of aromatic nitrogens is 2. The van der Waals surface area contributed by atoms with Gasteiger partial charge in [0.05, 0.1) is 0 Å². The van der Waals surface area contributed by atoms with Gasteiger partial charge in [0.1, 0.15) is 5.75 Å². The summed E-state index contributed by atoms with van der Waals surface area (Å²) in [6.45, 7) is 1.96. The molecule has 0 saturated heterocycles. The molecule has 1 saturated carbocycles. The van der Waals surface area contributed by atoms with Crippen LogP contribution in [0.5, 0.6) is 5.75 Å². The fraction of sp³-hybridized carbons (Fsp3) is 0.333. The third-order valence-electron chi connectivity index (χ3n) is 5.02. The van der Waals surface area contributed by atoms with Crippen molar-refractivity contribution >= 4 is 17.5 Å². The van der Waals surface area contributed by atoms with E-state index in [1.807, 2.05) is 12.1 Å². The molecule has 0 unspecified atom stereocenters. The summed E-state index contributed by atoms with van der Waals surface area (Å²) in [5, 5.41) is 9.70. The third kappa shape index (κ3) is 5.94. The molecule has 32 heavy (non-hydrogen) atoms. The molecular weight excluding hydrogens is 408 g/mol. The van der Waals surface area contributed by atoms with Gasteiger partial charge in [0.2, 0.25) is 11.7 Å². The van der Waals surface area contributed by atoms with Crippen molar-refractivity contribution in [2.24, 2.45) is 0 Å². The highest BCUT2D eigenvalue weighted by Gasteiger charge is 2.23. The molecule has 8 heteroatoms. The Bertz CT molecular complexity index is 1070. The summed E-state index contributed by atoms with van der Waals surface area (Å²) < 4.78 is 10.8. The molecule has 1 fully saturated rings. The topological polar surface area (TPSA) is 106 Å². The molecule has 2 aromatic carbocycles. The van der Waals surface area contributed by atoms with Crippen molar-refractivity contribution in [3.63, 3.8) is 0 Å². The summed E-state index contributed by atoms with van der Waals surface area (Å²) in [7, 11) is 0. The van der Waals surface area contributed by atoms with E-state index in [9.17, 15) is 9.59 Å². The molecule has 1 aliphatic carbocycles. The van der Waals surface area contributed by atoms with Gasteiger partial charge < -0.3 is 19.9 Å². The van der Waals surface area contributed by atoms with Crippen LogP contribution in [0, 0.1) is 0 Å². The van der Waals surface area contributed by atoms with Gasteiger partial charge in [0.25, 0.3) is 11.8 Å². The number of hydrogen-bond acceptors (Lipinski definition) is 6. The molecule has 0 bridgehead atoms. The number of benzene rings is 2. The van der Waals surface area contributed by atoms with Crippen LogP contribution >= 0.6 is 0 Å². The molecule has 0 spiro atoms. The largest absolute Gasteiger partial charge is 0.484 e. The van der Waals surface area contributed by atoms with E-state index < -0.39 is 0 Å². The highest BCUT2D eigenvalue weighted by atomic mass is 16.5. The Balaban J connectivity index is 1.27. The average Bonchev–Trinajstić information content (AvgIpc) is 3.50. The SMILES string of the molecule is CCCCc1nc(-c2ccc(OCC(=O)Nc3cccc(C(=O)NC4CC4)c3)cc2)no1. The van der Waals surface area contributed by atoms with Gasteiger partial charge in [0, 0.05) is 29.3 Å². The number of anilines is 1. The number of carbonyl (C=O) groups is 2. The smallest absolute Gasteiger partial charge is 0.262 e. The van der Waals surface area contributed by atoms with E-state index in [-0.39, 0.29) is 24.5 Å². The first-order valence-electron chi connectivity index (χ1n) is 10.9. The Labute approximate surface area is 186 Å². The second-order valence-corrected chi connectivity index (χ2v) is 7.81. The van der Waals surface area contributed by atoms with Gasteiger partial charge in [0.15, 0.2) is 6.61 Å². The summed E-state index contributed by atoms with van der Waals surface area (Å²) >= 11 is 0. The molecule has 3 aromatic rings. The summed E-state index contributed by atoms with van der Waals surface area (Å²) in [5.41, 5.74) is 1.88. The zero-order valence-electron chi connectivity index (χ0n) is 18.0. The lowest BCUT2D eigenvalue weighted by Gasteiger charge is -2.09. The van der Waals surface area contributed by atoms with Gasteiger partial charge in [-0.1, -0.05) is 24.6 Å². The van der Waals surface area contributed by atoms with Crippen molar-refractivity contribution in [1.82, 2.24) is 15.5 Å². The number of rotatable bonds is 10. The molecule has 2 amide bonds. The van der Waals surface area contributed by atoms with Crippen LogP contribution in [-0.2, 0) is 11.2 Å². The van der Waals surface area contributed by atoms with Crippen LogP contribution in [0.1, 0.15) is 48.9 Å². The van der Waals surface area contributed by atoms with Gasteiger partial charge in [-0.2, -0.15) is 4.98 Å². The van der Waals surface area contributed by atoms with Crippen molar-refractivity contribution in [3.8, 4) is 17.1 Å². The van der Waals surface area contributed by atoms with Crippen molar-refractivity contribution in [2.75, 3.05) is 11.9 Å². The number of unbranched alkanes of at least 4 members (excludes halogenated alkanes) is 1. The Morgan fingerprint density at radius 1 is 1.16 bits per heavy atom. The lowest BCUT2D eigenvalue weighted by molar-refractivity contribution is -0.118. The van der Waals surface area contributed by atoms with Crippen LogP contribution in [0.3, 0.4) is 0 Å². The minimum Gasteiger partial charge on any atom is -0.484 e. The second-order valence-electron chi connectivity index (χ2n) is 7.81. The molecule has 8 nitrogen and oxygen atoms in total. The standard InChI is InChI=1S/C24H26N4O4/c1-2-3-7-22-27-23(28-32-22)16-8-12-20(13-9-16)31-15-21(29)25-19-6-4-5-17(14-19)24(30)26-18-10-11-18/h4-6,8-9,12-14,18H,2-3,7,10-11,15H2,1H3,(H,25,29)(H,26,30). The molecule has 1 aromatic heterocycles. The van der Waals surface area contributed by atoms with Crippen molar-refractivity contribution in [2.45, 2.75) is 45.1 Å². The Morgan fingerprint density at radius 2 is 1.97 bits per heavy atom. The quantitative estimate of drug-likeness (QED) is 0.500. The van der Waals surface area contributed by atoms with Crippen LogP contribution in [0.4, 0.5) is 5.69 Å². The number of carbonyl (C=O) groups excluding carboxylic acids is 2. The number of hydrogen-bond donors (Lipinski definition) is 2. The molecule has 166 valence electrons. The number of nitrogens with one attached hydrogen (secondary N) is 2. The molecule has 0 radical (unpaired) electrons. The Hall–Kier alpha value is -3.68. The molecule has 0 aliphatic heterocycles. The van der Waals surface area contributed by atoms with Crippen LogP contribution in [0.15, 0.2) is 53.1 Å². The first-order valence-corrected chi connectivity index (χ1v) is 10.9. The van der Waals surface area contributed by atoms with E-state index in [0.29, 0.717) is 28.7 Å². The van der Waals surface area contributed by atoms with Gasteiger partial charge in [-0.25, -0.2) is 0 Å². The number of amides is 2. The molecular formula is C24H26N4O4. The predicted molar refractivity (Wildman–Crippen MR) is 119 cm³/mol. The molecule has 4 rings (SSSR count). The van der Waals surface area contributed by atoms with Crippen LogP contribution < -0.4 is 15.4 Å². The maximum absolute atomic E-state index is 12.3. The number of ether oxygens (including phenoxy) is 1. The molecule has 0 atom stereocenters. The van der Waals surface area contributed by atoms with E-state index in [1.165, 1.54) is 0 Å². The maximum atomic E-state index is 12.3.